The number of phosphoric acid groups is 2. The quantitative estimate of drug-likeness (QED) is 0.0169. The first-order chi connectivity index (χ1) is 49.7. The number of hydrogen-bond donors (Lipinski definition) is 3. The lowest BCUT2D eigenvalue weighted by Crippen LogP contribution is -2.30. The van der Waals surface area contributed by atoms with Crippen molar-refractivity contribution in [2.75, 3.05) is 39.6 Å². The van der Waals surface area contributed by atoms with Gasteiger partial charge >= 0.3 is 39.5 Å². The molecule has 19 heteroatoms. The molecule has 17 nitrogen and oxygen atoms in total. The average molecular weight is 1460 g/mol. The molecule has 0 aromatic carbocycles. The molecule has 102 heavy (non-hydrogen) atoms. The van der Waals surface area contributed by atoms with Crippen molar-refractivity contribution >= 4 is 39.5 Å². The predicted octanol–water partition coefficient (Wildman–Crippen LogP) is 21.8. The standard InChI is InChI=1S/C83H130O17P2/c1-5-9-13-17-21-25-29-32-35-37-38-40-42-45-49-52-56-60-64-68-81(86)94-74-79(100-83(88)70-66-62-58-54-50-46-43-39-36-33-30-26-22-18-14-10-6-2)76-98-102(91,92)96-72-77(84)71-95-101(89,90)97-75-78(99-82(87)69-65-61-57-53-47-28-24-20-16-12-8-4)73-93-80(85)67-63-59-55-51-48-44-41-34-31-27-23-19-15-11-7-3/h9-11,13-15,20-27,32-36,38,40-41,43,45-46,48-49,51,54,58-59,63,77-79,84H,5-8,12,16-19,28-31,37,39,42,44,47,50,52-53,55-57,60-62,64-76H2,1-4H3,(H,89,90)(H,91,92)/b13-9-,14-10-,15-11-,24-20-,25-21-,26-22-,27-23-,35-32-,36-33-,40-38-,41-34-,46-43-,49-45-,51-48-,58-54-,63-59-. The molecule has 5 atom stereocenters. The van der Waals surface area contributed by atoms with Crippen molar-refractivity contribution in [1.82, 2.24) is 0 Å². The van der Waals surface area contributed by atoms with E-state index >= 15 is 0 Å². The van der Waals surface area contributed by atoms with Gasteiger partial charge in [0.2, 0.25) is 0 Å². The fourth-order valence-corrected chi connectivity index (χ4v) is 10.5. The Kier molecular flexibility index (Phi) is 68.8. The van der Waals surface area contributed by atoms with E-state index < -0.39 is 97.5 Å². The Balaban J connectivity index is 5.52. The molecule has 574 valence electrons. The Morgan fingerprint density at radius 3 is 0.931 bits per heavy atom. The zero-order valence-corrected chi connectivity index (χ0v) is 64.2. The van der Waals surface area contributed by atoms with Gasteiger partial charge < -0.3 is 33.8 Å². The van der Waals surface area contributed by atoms with E-state index in [1.54, 1.807) is 6.08 Å². The van der Waals surface area contributed by atoms with E-state index in [1.165, 1.54) is 6.42 Å². The SMILES string of the molecule is CC/C=C\C/C=C\C/C=C\C/C=C\C/C=C\CCCCCC(=O)OCC(COP(=O)(O)OCC(O)COP(=O)(O)OCC(COC(=O)C/C=C\C/C=C\C/C=C\C/C=C\C/C=C\CC)OC(=O)CCCCCCC/C=C\CCCC)OC(=O)CCC/C=C\C/C=C\C/C=C\C/C=C\C/C=C\CC. The first-order valence-electron chi connectivity index (χ1n) is 37.7. The van der Waals surface area contributed by atoms with Crippen molar-refractivity contribution in [3.63, 3.8) is 0 Å². The van der Waals surface area contributed by atoms with Gasteiger partial charge in [0, 0.05) is 19.3 Å². The Hall–Kier alpha value is -6.10. The number of rotatable bonds is 68. The van der Waals surface area contributed by atoms with E-state index in [0.29, 0.717) is 32.1 Å². The highest BCUT2D eigenvalue weighted by Crippen LogP contribution is 2.45. The third kappa shape index (κ3) is 72.3. The van der Waals surface area contributed by atoms with Crippen LogP contribution < -0.4 is 0 Å². The number of esters is 4. The third-order valence-electron chi connectivity index (χ3n) is 14.6. The molecule has 0 radical (unpaired) electrons. The van der Waals surface area contributed by atoms with Crippen LogP contribution in [0.5, 0.6) is 0 Å². The molecule has 5 unspecified atom stereocenters. The molecule has 3 N–H and O–H groups in total. The van der Waals surface area contributed by atoms with Crippen LogP contribution >= 0.6 is 15.6 Å². The van der Waals surface area contributed by atoms with Gasteiger partial charge in [0.1, 0.15) is 19.3 Å². The molecule has 0 heterocycles. The highest BCUT2D eigenvalue weighted by atomic mass is 31.2. The van der Waals surface area contributed by atoms with Crippen LogP contribution in [-0.2, 0) is 65.4 Å². The van der Waals surface area contributed by atoms with Gasteiger partial charge in [-0.25, -0.2) is 9.13 Å². The highest BCUT2D eigenvalue weighted by molar-refractivity contribution is 7.47. The predicted molar refractivity (Wildman–Crippen MR) is 417 cm³/mol. The number of hydrogen-bond acceptors (Lipinski definition) is 15. The second kappa shape index (κ2) is 73.2. The summed E-state index contributed by atoms with van der Waals surface area (Å²) in [5.74, 6) is -2.47. The minimum atomic E-state index is -5.01. The lowest BCUT2D eigenvalue weighted by Gasteiger charge is -2.21. The smallest absolute Gasteiger partial charge is 0.462 e. The number of aliphatic hydroxyl groups is 1. The van der Waals surface area contributed by atoms with Gasteiger partial charge in [-0.05, 0) is 154 Å². The summed E-state index contributed by atoms with van der Waals surface area (Å²) in [7, 11) is -10.0. The first-order valence-corrected chi connectivity index (χ1v) is 40.7. The molecule has 0 aliphatic heterocycles. The molecule has 0 aliphatic carbocycles. The van der Waals surface area contributed by atoms with Crippen LogP contribution in [0, 0.1) is 0 Å². The lowest BCUT2D eigenvalue weighted by atomic mass is 10.1. The van der Waals surface area contributed by atoms with Crippen LogP contribution in [-0.4, -0.2) is 96.7 Å². The summed E-state index contributed by atoms with van der Waals surface area (Å²) in [6.07, 6.45) is 89.0. The van der Waals surface area contributed by atoms with E-state index in [0.717, 1.165) is 154 Å². The van der Waals surface area contributed by atoms with Gasteiger partial charge in [-0.1, -0.05) is 261 Å². The van der Waals surface area contributed by atoms with Gasteiger partial charge in [0.25, 0.3) is 0 Å². The molecule has 0 fully saturated rings. The molecule has 0 saturated carbocycles. The fraction of sp³-hybridized carbons (Fsp3) is 0.566. The van der Waals surface area contributed by atoms with Crippen LogP contribution in [0.4, 0.5) is 0 Å². The zero-order valence-electron chi connectivity index (χ0n) is 62.4. The van der Waals surface area contributed by atoms with E-state index in [4.69, 9.17) is 37.0 Å². The van der Waals surface area contributed by atoms with Gasteiger partial charge in [0.15, 0.2) is 12.2 Å². The second-order valence-electron chi connectivity index (χ2n) is 24.1. The van der Waals surface area contributed by atoms with Gasteiger partial charge in [-0.2, -0.15) is 0 Å². The van der Waals surface area contributed by atoms with E-state index in [1.807, 2.05) is 30.4 Å². The number of carbonyl (C=O) groups is 4. The van der Waals surface area contributed by atoms with Crippen molar-refractivity contribution in [3.8, 4) is 0 Å². The van der Waals surface area contributed by atoms with E-state index in [9.17, 15) is 43.2 Å². The molecule has 0 spiro atoms. The fourth-order valence-electron chi connectivity index (χ4n) is 8.92. The topological polar surface area (TPSA) is 237 Å². The van der Waals surface area contributed by atoms with Crippen LogP contribution in [0.2, 0.25) is 0 Å². The summed E-state index contributed by atoms with van der Waals surface area (Å²) in [5, 5.41) is 10.6. The van der Waals surface area contributed by atoms with Crippen molar-refractivity contribution in [2.24, 2.45) is 0 Å². The Morgan fingerprint density at radius 1 is 0.294 bits per heavy atom. The maximum atomic E-state index is 13.1. The molecule has 0 bridgehead atoms. The second-order valence-corrected chi connectivity index (χ2v) is 27.0. The highest BCUT2D eigenvalue weighted by Gasteiger charge is 2.30. The minimum Gasteiger partial charge on any atom is -0.462 e. The maximum absolute atomic E-state index is 13.1. The molecule has 0 rings (SSSR count). The van der Waals surface area contributed by atoms with Crippen LogP contribution in [0.1, 0.15) is 246 Å². The Morgan fingerprint density at radius 2 is 0.559 bits per heavy atom. The summed E-state index contributed by atoms with van der Waals surface area (Å²) >= 11 is 0. The van der Waals surface area contributed by atoms with Crippen molar-refractivity contribution in [1.29, 1.82) is 0 Å². The number of phosphoric ester groups is 2. The summed E-state index contributed by atoms with van der Waals surface area (Å²) < 4.78 is 68.2. The van der Waals surface area contributed by atoms with Gasteiger partial charge in [-0.3, -0.25) is 37.3 Å². The largest absolute Gasteiger partial charge is 0.472 e. The average Bonchev–Trinajstić information content (AvgIpc) is 0.921. The minimum absolute atomic E-state index is 0.00171. The Labute approximate surface area is 615 Å². The normalized spacial score (nSPS) is 15.0. The first kappa shape index (κ1) is 95.9. The molecular formula is C83H130O17P2. The molecule has 0 saturated heterocycles. The van der Waals surface area contributed by atoms with E-state index in [-0.39, 0.29) is 25.7 Å². The molecule has 0 aliphatic rings. The van der Waals surface area contributed by atoms with Crippen molar-refractivity contribution in [2.45, 2.75) is 264 Å². The molecule has 0 amide bonds. The van der Waals surface area contributed by atoms with E-state index in [2.05, 4.69) is 186 Å². The summed E-state index contributed by atoms with van der Waals surface area (Å²) in [6, 6.07) is 0. The molecule has 0 aromatic rings. The number of ether oxygens (including phenoxy) is 4. The summed E-state index contributed by atoms with van der Waals surface area (Å²) in [6.45, 7) is 4.21. The van der Waals surface area contributed by atoms with Gasteiger partial charge in [0.05, 0.1) is 32.8 Å². The van der Waals surface area contributed by atoms with Crippen LogP contribution in [0.3, 0.4) is 0 Å². The number of carbonyl (C=O) groups excluding carboxylic acids is 4. The molecule has 0 aromatic heterocycles. The zero-order chi connectivity index (χ0) is 74.6. The number of allylic oxidation sites excluding steroid dienone is 31. The molecular weight excluding hydrogens is 1330 g/mol. The van der Waals surface area contributed by atoms with Gasteiger partial charge in [-0.15, -0.1) is 0 Å². The monoisotopic (exact) mass is 1460 g/mol. The van der Waals surface area contributed by atoms with Crippen LogP contribution in [0.25, 0.3) is 0 Å². The number of aliphatic hydroxyl groups excluding tert-OH is 1. The summed E-state index contributed by atoms with van der Waals surface area (Å²) in [4.78, 5) is 72.7. The van der Waals surface area contributed by atoms with Crippen molar-refractivity contribution < 1.29 is 80.2 Å². The number of unbranched alkanes of at least 4 members (excludes halogenated alkanes) is 11. The lowest BCUT2D eigenvalue weighted by molar-refractivity contribution is -0.161. The van der Waals surface area contributed by atoms with Crippen molar-refractivity contribution in [3.05, 3.63) is 194 Å². The summed E-state index contributed by atoms with van der Waals surface area (Å²) in [5.41, 5.74) is 0. The Bertz CT molecular complexity index is 2700. The third-order valence-corrected chi connectivity index (χ3v) is 16.5. The van der Waals surface area contributed by atoms with Crippen LogP contribution in [0.15, 0.2) is 194 Å². The maximum Gasteiger partial charge on any atom is 0.472 e.